The molecule has 2 aromatic rings. The number of hydrogen-bond donors (Lipinski definition) is 1. The summed E-state index contributed by atoms with van der Waals surface area (Å²) >= 11 is 0. The zero-order chi connectivity index (χ0) is 18.5. The molecule has 2 aliphatic heterocycles. The van der Waals surface area contributed by atoms with Crippen molar-refractivity contribution in [1.29, 1.82) is 0 Å². The third-order valence-corrected chi connectivity index (χ3v) is 5.93. The lowest BCUT2D eigenvalue weighted by Gasteiger charge is -2.57. The first-order valence-corrected chi connectivity index (χ1v) is 9.08. The number of piperidine rings is 1. The quantitative estimate of drug-likeness (QED) is 0.900. The maximum atomic E-state index is 12.9. The standard InChI is InChI=1S/C20H23N3O3/c1-3-20(14-8-5-4-6-9-14)12-7-10-16-21(2)19(26)17-18(25)15(24)11-13-22(17)23(16)20/h4-6,8-9,11,13,16,25H,3,7,10,12H2,1-2H3. The molecule has 0 bridgehead atoms. The molecule has 2 aliphatic rings. The molecular weight excluding hydrogens is 330 g/mol. The number of pyridine rings is 1. The highest BCUT2D eigenvalue weighted by atomic mass is 16.3. The molecule has 6 heteroatoms. The van der Waals surface area contributed by atoms with Gasteiger partial charge in [-0.1, -0.05) is 37.3 Å². The summed E-state index contributed by atoms with van der Waals surface area (Å²) in [6.45, 7) is 2.15. The van der Waals surface area contributed by atoms with Gasteiger partial charge in [0.2, 0.25) is 5.43 Å². The Labute approximate surface area is 152 Å². The molecule has 4 rings (SSSR count). The Morgan fingerprint density at radius 2 is 1.92 bits per heavy atom. The van der Waals surface area contributed by atoms with Gasteiger partial charge < -0.3 is 10.0 Å². The minimum absolute atomic E-state index is 0.0481. The highest BCUT2D eigenvalue weighted by Gasteiger charge is 2.50. The summed E-state index contributed by atoms with van der Waals surface area (Å²) in [5, 5.41) is 12.5. The topological polar surface area (TPSA) is 65.8 Å². The fourth-order valence-corrected chi connectivity index (χ4v) is 4.57. The van der Waals surface area contributed by atoms with Crippen LogP contribution in [0, 0.1) is 0 Å². The molecule has 136 valence electrons. The first-order chi connectivity index (χ1) is 12.5. The molecule has 2 atom stereocenters. The van der Waals surface area contributed by atoms with E-state index in [2.05, 4.69) is 24.1 Å². The Hall–Kier alpha value is -2.76. The summed E-state index contributed by atoms with van der Waals surface area (Å²) < 4.78 is 1.71. The molecule has 1 fully saturated rings. The number of carbonyl (C=O) groups is 1. The monoisotopic (exact) mass is 353 g/mol. The smallest absolute Gasteiger partial charge is 0.277 e. The van der Waals surface area contributed by atoms with E-state index in [0.717, 1.165) is 25.7 Å². The molecule has 3 heterocycles. The summed E-state index contributed by atoms with van der Waals surface area (Å²) in [5.74, 6) is -0.798. The predicted octanol–water partition coefficient (Wildman–Crippen LogP) is 2.39. The molecule has 2 unspecified atom stereocenters. The summed E-state index contributed by atoms with van der Waals surface area (Å²) in [5.41, 5.74) is 0.385. The van der Waals surface area contributed by atoms with Crippen LogP contribution < -0.4 is 10.4 Å². The van der Waals surface area contributed by atoms with E-state index < -0.39 is 11.2 Å². The number of benzene rings is 1. The van der Waals surface area contributed by atoms with Crippen LogP contribution in [0.3, 0.4) is 0 Å². The highest BCUT2D eigenvalue weighted by molar-refractivity contribution is 5.96. The van der Waals surface area contributed by atoms with Gasteiger partial charge in [-0.2, -0.15) is 0 Å². The van der Waals surface area contributed by atoms with E-state index in [1.807, 2.05) is 18.2 Å². The fourth-order valence-electron chi connectivity index (χ4n) is 4.57. The highest BCUT2D eigenvalue weighted by Crippen LogP contribution is 2.44. The minimum atomic E-state index is -0.532. The van der Waals surface area contributed by atoms with Gasteiger partial charge in [-0.3, -0.25) is 19.3 Å². The average Bonchev–Trinajstić information content (AvgIpc) is 2.68. The average molecular weight is 353 g/mol. The van der Waals surface area contributed by atoms with Gasteiger partial charge in [0.1, 0.15) is 6.17 Å². The van der Waals surface area contributed by atoms with Crippen molar-refractivity contribution in [3.05, 3.63) is 64.1 Å². The van der Waals surface area contributed by atoms with E-state index >= 15 is 0 Å². The van der Waals surface area contributed by atoms with E-state index in [1.54, 1.807) is 22.8 Å². The lowest BCUT2D eigenvalue weighted by atomic mass is 9.78. The Kier molecular flexibility index (Phi) is 3.79. The number of nitrogens with zero attached hydrogens (tertiary/aromatic N) is 3. The molecule has 0 radical (unpaired) electrons. The number of aromatic hydroxyl groups is 1. The lowest BCUT2D eigenvalue weighted by Crippen LogP contribution is -2.68. The second kappa shape index (κ2) is 5.90. The number of hydrogen-bond acceptors (Lipinski definition) is 4. The molecule has 1 saturated heterocycles. The van der Waals surface area contributed by atoms with Crippen molar-refractivity contribution in [2.24, 2.45) is 0 Å². The minimum Gasteiger partial charge on any atom is -0.502 e. The zero-order valence-electron chi connectivity index (χ0n) is 15.1. The van der Waals surface area contributed by atoms with Gasteiger partial charge in [0.05, 0.1) is 5.54 Å². The van der Waals surface area contributed by atoms with Crippen LogP contribution in [0.5, 0.6) is 5.75 Å². The predicted molar refractivity (Wildman–Crippen MR) is 98.7 cm³/mol. The summed E-state index contributed by atoms with van der Waals surface area (Å²) in [6, 6.07) is 11.6. The molecule has 1 aromatic carbocycles. The van der Waals surface area contributed by atoms with Crippen molar-refractivity contribution in [2.45, 2.75) is 44.3 Å². The van der Waals surface area contributed by atoms with E-state index in [4.69, 9.17) is 0 Å². The Bertz CT molecular complexity index is 908. The fraction of sp³-hybridized carbons (Fsp3) is 0.400. The van der Waals surface area contributed by atoms with E-state index in [1.165, 1.54) is 11.6 Å². The SMILES string of the molecule is CCC1(c2ccccc2)CCCC2N(C)C(=O)c3c(O)c(=O)ccn3N21. The van der Waals surface area contributed by atoms with Crippen molar-refractivity contribution >= 4 is 5.91 Å². The number of rotatable bonds is 2. The molecule has 0 saturated carbocycles. The molecule has 0 aliphatic carbocycles. The molecule has 1 aromatic heterocycles. The van der Waals surface area contributed by atoms with Gasteiger partial charge in [-0.25, -0.2) is 0 Å². The zero-order valence-corrected chi connectivity index (χ0v) is 15.1. The summed E-state index contributed by atoms with van der Waals surface area (Å²) in [4.78, 5) is 26.5. The Balaban J connectivity index is 2.00. The molecule has 1 N–H and O–H groups in total. The van der Waals surface area contributed by atoms with Crippen molar-refractivity contribution < 1.29 is 9.90 Å². The van der Waals surface area contributed by atoms with Crippen molar-refractivity contribution in [1.82, 2.24) is 9.58 Å². The maximum absolute atomic E-state index is 12.9. The second-order valence-corrected chi connectivity index (χ2v) is 7.11. The molecule has 6 nitrogen and oxygen atoms in total. The summed E-state index contributed by atoms with van der Waals surface area (Å²) in [6.07, 6.45) is 5.14. The van der Waals surface area contributed by atoms with Gasteiger partial charge in [0, 0.05) is 19.3 Å². The second-order valence-electron chi connectivity index (χ2n) is 7.11. The molecule has 1 amide bonds. The van der Waals surface area contributed by atoms with Gasteiger partial charge in [-0.05, 0) is 31.2 Å². The van der Waals surface area contributed by atoms with Crippen LogP contribution in [-0.2, 0) is 5.54 Å². The van der Waals surface area contributed by atoms with Gasteiger partial charge in [-0.15, -0.1) is 0 Å². The first-order valence-electron chi connectivity index (χ1n) is 9.08. The third kappa shape index (κ3) is 2.11. The number of carbonyl (C=O) groups excluding carboxylic acids is 1. The molecule has 26 heavy (non-hydrogen) atoms. The van der Waals surface area contributed by atoms with Crippen LogP contribution in [-0.4, -0.2) is 33.8 Å². The number of amides is 1. The van der Waals surface area contributed by atoms with E-state index in [-0.39, 0.29) is 23.3 Å². The summed E-state index contributed by atoms with van der Waals surface area (Å²) in [7, 11) is 1.75. The molecule has 0 spiro atoms. The number of fused-ring (bicyclic) bond motifs is 3. The lowest BCUT2D eigenvalue weighted by molar-refractivity contribution is 0.0441. The van der Waals surface area contributed by atoms with Crippen LogP contribution in [0.25, 0.3) is 0 Å². The van der Waals surface area contributed by atoms with Gasteiger partial charge >= 0.3 is 0 Å². The van der Waals surface area contributed by atoms with Crippen LogP contribution in [0.4, 0.5) is 0 Å². The van der Waals surface area contributed by atoms with Crippen molar-refractivity contribution in [2.75, 3.05) is 12.1 Å². The number of aromatic nitrogens is 1. The Morgan fingerprint density at radius 3 is 2.62 bits per heavy atom. The Morgan fingerprint density at radius 1 is 1.19 bits per heavy atom. The van der Waals surface area contributed by atoms with Gasteiger partial charge in [0.25, 0.3) is 5.91 Å². The van der Waals surface area contributed by atoms with Crippen molar-refractivity contribution in [3.8, 4) is 5.75 Å². The van der Waals surface area contributed by atoms with Crippen LogP contribution in [0.1, 0.15) is 48.7 Å². The maximum Gasteiger partial charge on any atom is 0.277 e. The van der Waals surface area contributed by atoms with Crippen molar-refractivity contribution in [3.63, 3.8) is 0 Å². The van der Waals surface area contributed by atoms with Crippen LogP contribution in [0.2, 0.25) is 0 Å². The normalized spacial score (nSPS) is 25.0. The molecular formula is C20H23N3O3. The largest absolute Gasteiger partial charge is 0.502 e. The first kappa shape index (κ1) is 16.7. The van der Waals surface area contributed by atoms with E-state index in [9.17, 15) is 14.7 Å². The van der Waals surface area contributed by atoms with Crippen LogP contribution >= 0.6 is 0 Å². The van der Waals surface area contributed by atoms with E-state index in [0.29, 0.717) is 0 Å². The third-order valence-electron chi connectivity index (χ3n) is 5.93. The van der Waals surface area contributed by atoms with Crippen LogP contribution in [0.15, 0.2) is 47.4 Å². The van der Waals surface area contributed by atoms with Gasteiger partial charge in [0.15, 0.2) is 11.4 Å².